The lowest BCUT2D eigenvalue weighted by Gasteiger charge is -2.33. The number of hydrogen-bond acceptors (Lipinski definition) is 8. The Labute approximate surface area is 244 Å². The molecule has 0 spiro atoms. The van der Waals surface area contributed by atoms with Gasteiger partial charge in [-0.25, -0.2) is 22.9 Å². The molecule has 11 nitrogen and oxygen atoms in total. The summed E-state index contributed by atoms with van der Waals surface area (Å²) in [5.74, 6) is 1.28. The van der Waals surface area contributed by atoms with Crippen molar-refractivity contribution in [3.8, 4) is 0 Å². The van der Waals surface area contributed by atoms with Crippen molar-refractivity contribution in [1.82, 2.24) is 19.7 Å². The normalized spacial score (nSPS) is 17.0. The van der Waals surface area contributed by atoms with Gasteiger partial charge in [0.25, 0.3) is 0 Å². The zero-order valence-electron chi connectivity index (χ0n) is 25.2. The number of hydroxylamine groups is 2. The first-order valence-corrected chi connectivity index (χ1v) is 16.5. The summed E-state index contributed by atoms with van der Waals surface area (Å²) in [7, 11) is -3.25. The van der Waals surface area contributed by atoms with Crippen LogP contribution in [0.2, 0.25) is 0 Å². The van der Waals surface area contributed by atoms with E-state index in [1.165, 1.54) is 6.26 Å². The number of nitrogens with zero attached hydrogens (tertiary/aromatic N) is 3. The number of pyridine rings is 1. The van der Waals surface area contributed by atoms with Crippen LogP contribution < -0.4 is 20.4 Å². The van der Waals surface area contributed by atoms with E-state index in [1.54, 1.807) is 0 Å². The molecule has 1 unspecified atom stereocenters. The zero-order valence-corrected chi connectivity index (χ0v) is 26.0. The molecule has 1 atom stereocenters. The van der Waals surface area contributed by atoms with Crippen LogP contribution in [0.1, 0.15) is 79.1 Å². The number of sulfonamides is 1. The van der Waals surface area contributed by atoms with E-state index in [1.807, 2.05) is 45.0 Å². The fraction of sp³-hybridized carbons (Fsp3) is 0.621. The highest BCUT2D eigenvalue weighted by Gasteiger charge is 2.48. The van der Waals surface area contributed by atoms with Gasteiger partial charge in [0.15, 0.2) is 11.5 Å². The number of aliphatic imine (C=N–C) groups is 1. The minimum Gasteiger partial charge on any atom is -0.444 e. The van der Waals surface area contributed by atoms with Crippen LogP contribution >= 0.6 is 0 Å². The van der Waals surface area contributed by atoms with Crippen LogP contribution in [0.15, 0.2) is 29.3 Å². The van der Waals surface area contributed by atoms with Crippen molar-refractivity contribution in [3.63, 3.8) is 0 Å². The quantitative estimate of drug-likeness (QED) is 0.177. The number of amides is 1. The lowest BCUT2D eigenvalue weighted by atomic mass is 10.1. The third-order valence-electron chi connectivity index (χ3n) is 6.67. The average molecular weight is 592 g/mol. The van der Waals surface area contributed by atoms with Gasteiger partial charge in [0.1, 0.15) is 18.8 Å². The Morgan fingerprint density at radius 1 is 1.05 bits per heavy atom. The Kier molecular flexibility index (Phi) is 11.5. The topological polar surface area (TPSA) is 145 Å². The van der Waals surface area contributed by atoms with Crippen LogP contribution in [0.5, 0.6) is 0 Å². The minimum absolute atomic E-state index is 0.148. The highest BCUT2D eigenvalue weighted by molar-refractivity contribution is 7.88. The summed E-state index contributed by atoms with van der Waals surface area (Å²) >= 11 is 0. The number of ether oxygens (including phenoxy) is 1. The molecule has 0 bridgehead atoms. The Hall–Kier alpha value is -2.80. The van der Waals surface area contributed by atoms with E-state index >= 15 is 0 Å². The van der Waals surface area contributed by atoms with Gasteiger partial charge in [0.2, 0.25) is 21.5 Å². The lowest BCUT2D eigenvalue weighted by molar-refractivity contribution is -0.0909. The van der Waals surface area contributed by atoms with Crippen molar-refractivity contribution in [2.45, 2.75) is 84.7 Å². The molecule has 0 saturated heterocycles. The molecule has 1 aromatic heterocycles. The predicted molar refractivity (Wildman–Crippen MR) is 166 cm³/mol. The van der Waals surface area contributed by atoms with E-state index in [-0.39, 0.29) is 4.65 Å². The van der Waals surface area contributed by atoms with E-state index in [2.05, 4.69) is 21.9 Å². The Morgan fingerprint density at radius 3 is 2.46 bits per heavy atom. The Balaban J connectivity index is 1.71. The van der Waals surface area contributed by atoms with E-state index in [9.17, 15) is 13.2 Å². The molecule has 1 aromatic carbocycles. The van der Waals surface area contributed by atoms with Crippen LogP contribution in [0.3, 0.4) is 0 Å². The van der Waals surface area contributed by atoms with Gasteiger partial charge in [-0.2, -0.15) is 9.83 Å². The molecular formula is C29H47N6O5S+. The number of unbranched alkanes of at least 4 members (excludes halogenated alkanes) is 4. The molecule has 3 rings (SSSR count). The number of alkyl carbamates (subject to hydrolysis) is 1. The second-order valence-electron chi connectivity index (χ2n) is 11.5. The smallest absolute Gasteiger partial charge is 0.407 e. The van der Waals surface area contributed by atoms with Gasteiger partial charge in [-0.1, -0.05) is 31.9 Å². The summed E-state index contributed by atoms with van der Waals surface area (Å²) in [4.78, 5) is 28.2. The molecule has 1 amide bonds. The molecule has 1 aliphatic rings. The first kappa shape index (κ1) is 32.7. The van der Waals surface area contributed by atoms with Gasteiger partial charge < -0.3 is 15.8 Å². The van der Waals surface area contributed by atoms with E-state index in [0.29, 0.717) is 44.2 Å². The maximum absolute atomic E-state index is 11.8. The lowest BCUT2D eigenvalue weighted by Crippen LogP contribution is -2.53. The summed E-state index contributed by atoms with van der Waals surface area (Å²) in [5.41, 5.74) is 8.27. The van der Waals surface area contributed by atoms with Crippen LogP contribution in [0.4, 0.5) is 22.0 Å². The molecule has 2 heterocycles. The number of benzene rings is 1. The number of hydrogen-bond donors (Lipinski definition) is 3. The number of amidine groups is 1. The third kappa shape index (κ3) is 9.35. The standard InChI is InChI=1S/C29H46N6O5S/c1-6-15-24-34-25-26(22-16-9-10-17-23(22)33-27(25)30)35(24,20-13-12-19-32-41(5,37)38)39-21-14-8-7-11-18-31-28(36)40-29(2,3)4/h9-10,16-17,32H,6-8,11-15,18-21H2,1-5H3,(H2-,30,31,33,36)/p+1. The predicted octanol–water partition coefficient (Wildman–Crippen LogP) is 5.31. The number of aromatic nitrogens is 1. The molecule has 2 aromatic rings. The molecule has 0 fully saturated rings. The number of nitrogens with two attached hydrogens (primary N) is 1. The average Bonchev–Trinajstić information content (AvgIpc) is 3.19. The van der Waals surface area contributed by atoms with Crippen molar-refractivity contribution in [1.29, 1.82) is 0 Å². The van der Waals surface area contributed by atoms with Gasteiger partial charge in [-0.3, -0.25) is 0 Å². The number of carbonyl (C=O) groups excluding carboxylic acids is 1. The van der Waals surface area contributed by atoms with Crippen LogP contribution in [0.25, 0.3) is 10.9 Å². The van der Waals surface area contributed by atoms with E-state index in [0.717, 1.165) is 67.4 Å². The summed E-state index contributed by atoms with van der Waals surface area (Å²) in [6.45, 7) is 9.69. The van der Waals surface area contributed by atoms with Gasteiger partial charge in [-0.05, 0) is 58.6 Å². The number of rotatable bonds is 16. The molecule has 0 aliphatic carbocycles. The molecule has 41 heavy (non-hydrogen) atoms. The van der Waals surface area contributed by atoms with Crippen molar-refractivity contribution in [2.24, 2.45) is 4.99 Å². The SMILES string of the molecule is CCCC1=Nc2c(N)nc3ccccc3c2[N+]1(CCCCNS(C)(=O)=O)OCCCCCCNC(=O)OC(C)(C)C. The zero-order chi connectivity index (χ0) is 30.1. The van der Waals surface area contributed by atoms with Crippen LogP contribution in [0, 0.1) is 0 Å². The highest BCUT2D eigenvalue weighted by atomic mass is 32.2. The summed E-state index contributed by atoms with van der Waals surface area (Å²) in [6, 6.07) is 7.90. The Morgan fingerprint density at radius 2 is 1.76 bits per heavy atom. The molecule has 0 radical (unpaired) electrons. The molecular weight excluding hydrogens is 544 g/mol. The molecule has 4 N–H and O–H groups in total. The molecule has 1 aliphatic heterocycles. The molecule has 12 heteroatoms. The first-order valence-electron chi connectivity index (χ1n) is 14.6. The number of anilines is 1. The highest BCUT2D eigenvalue weighted by Crippen LogP contribution is 2.49. The first-order chi connectivity index (χ1) is 19.4. The number of quaternary nitrogens is 1. The summed E-state index contributed by atoms with van der Waals surface area (Å²) in [5, 5.41) is 3.76. The van der Waals surface area contributed by atoms with Gasteiger partial charge in [0, 0.05) is 25.9 Å². The van der Waals surface area contributed by atoms with Crippen LogP contribution in [-0.4, -0.2) is 63.4 Å². The van der Waals surface area contributed by atoms with Crippen molar-refractivity contribution in [3.05, 3.63) is 24.3 Å². The maximum atomic E-state index is 11.8. The van der Waals surface area contributed by atoms with Crippen LogP contribution in [-0.2, 0) is 19.6 Å². The molecule has 0 saturated carbocycles. The van der Waals surface area contributed by atoms with Gasteiger partial charge in [0.05, 0.1) is 17.2 Å². The Bertz CT molecular complexity index is 1320. The number of nitrogen functional groups attached to an aromatic ring is 1. The molecule has 228 valence electrons. The number of carbonyl (C=O) groups is 1. The van der Waals surface area contributed by atoms with Crippen molar-refractivity contribution >= 4 is 50.0 Å². The van der Waals surface area contributed by atoms with E-state index < -0.39 is 21.7 Å². The fourth-order valence-corrected chi connectivity index (χ4v) is 5.46. The fourth-order valence-electron chi connectivity index (χ4n) is 4.94. The summed E-state index contributed by atoms with van der Waals surface area (Å²) < 4.78 is 31.1. The minimum atomic E-state index is -3.25. The second-order valence-corrected chi connectivity index (χ2v) is 13.3. The summed E-state index contributed by atoms with van der Waals surface area (Å²) in [6.07, 6.45) is 7.37. The number of fused-ring (bicyclic) bond motifs is 3. The second kappa shape index (κ2) is 14.4. The van der Waals surface area contributed by atoms with Gasteiger partial charge in [-0.15, -0.1) is 4.65 Å². The van der Waals surface area contributed by atoms with Crippen molar-refractivity contribution < 1.29 is 22.8 Å². The number of para-hydroxylation sites is 1. The van der Waals surface area contributed by atoms with E-state index in [4.69, 9.17) is 20.3 Å². The number of nitrogens with one attached hydrogen (secondary N) is 2. The van der Waals surface area contributed by atoms with Crippen molar-refractivity contribution in [2.75, 3.05) is 38.2 Å². The maximum Gasteiger partial charge on any atom is 0.407 e. The van der Waals surface area contributed by atoms with Gasteiger partial charge >= 0.3 is 6.09 Å². The third-order valence-corrected chi connectivity index (χ3v) is 7.40. The monoisotopic (exact) mass is 591 g/mol. The largest absolute Gasteiger partial charge is 0.444 e.